The van der Waals surface area contributed by atoms with Crippen LogP contribution in [0.1, 0.15) is 50.1 Å². The second-order valence-electron chi connectivity index (χ2n) is 5.28. The van der Waals surface area contributed by atoms with Crippen LogP contribution in [0.3, 0.4) is 0 Å². The van der Waals surface area contributed by atoms with E-state index in [1.54, 1.807) is 0 Å². The zero-order valence-corrected chi connectivity index (χ0v) is 12.9. The molecule has 104 valence electrons. The van der Waals surface area contributed by atoms with Gasteiger partial charge < -0.3 is 5.32 Å². The maximum atomic E-state index is 4.50. The highest BCUT2D eigenvalue weighted by molar-refractivity contribution is 5.24. The molecule has 0 aromatic carbocycles. The van der Waals surface area contributed by atoms with Crippen molar-refractivity contribution in [1.29, 1.82) is 0 Å². The maximum Gasteiger partial charge on any atom is 0.0628 e. The zero-order valence-electron chi connectivity index (χ0n) is 12.9. The second kappa shape index (κ2) is 6.93. The van der Waals surface area contributed by atoms with Gasteiger partial charge in [-0.3, -0.25) is 4.68 Å². The Hall–Kier alpha value is -0.830. The van der Waals surface area contributed by atoms with Crippen molar-refractivity contribution in [3.05, 3.63) is 17.0 Å². The van der Waals surface area contributed by atoms with Gasteiger partial charge in [-0.25, -0.2) is 0 Å². The van der Waals surface area contributed by atoms with E-state index in [0.717, 1.165) is 12.3 Å². The molecule has 1 atom stereocenters. The van der Waals surface area contributed by atoms with Crippen molar-refractivity contribution >= 4 is 0 Å². The average Bonchev–Trinajstić information content (AvgIpc) is 2.60. The van der Waals surface area contributed by atoms with Gasteiger partial charge in [-0.05, 0) is 45.2 Å². The fraction of sp³-hybridized carbons (Fsp3) is 0.800. The Morgan fingerprint density at radius 3 is 2.22 bits per heavy atom. The van der Waals surface area contributed by atoms with Gasteiger partial charge in [-0.2, -0.15) is 5.10 Å². The third-order valence-electron chi connectivity index (χ3n) is 4.35. The quantitative estimate of drug-likeness (QED) is 0.807. The lowest BCUT2D eigenvalue weighted by molar-refractivity contribution is 0.334. The number of rotatable bonds is 7. The van der Waals surface area contributed by atoms with E-state index >= 15 is 0 Å². The molecule has 1 unspecified atom stereocenters. The Labute approximate surface area is 112 Å². The lowest BCUT2D eigenvalue weighted by Crippen LogP contribution is -2.33. The summed E-state index contributed by atoms with van der Waals surface area (Å²) in [6, 6.07) is 0.624. The second-order valence-corrected chi connectivity index (χ2v) is 5.28. The molecule has 1 rings (SSSR count). The summed E-state index contributed by atoms with van der Waals surface area (Å²) >= 11 is 0. The summed E-state index contributed by atoms with van der Waals surface area (Å²) in [5, 5.41) is 7.99. The third-order valence-corrected chi connectivity index (χ3v) is 4.35. The third kappa shape index (κ3) is 3.35. The Balaban J connectivity index is 2.68. The largest absolute Gasteiger partial charge is 0.317 e. The highest BCUT2D eigenvalue weighted by Gasteiger charge is 2.18. The molecule has 1 heterocycles. The van der Waals surface area contributed by atoms with Gasteiger partial charge in [0.1, 0.15) is 0 Å². The number of hydrogen-bond acceptors (Lipinski definition) is 2. The molecule has 0 bridgehead atoms. The first-order valence-corrected chi connectivity index (χ1v) is 7.21. The fourth-order valence-corrected chi connectivity index (χ4v) is 2.95. The molecule has 0 radical (unpaired) electrons. The smallest absolute Gasteiger partial charge is 0.0628 e. The van der Waals surface area contributed by atoms with Gasteiger partial charge in [0, 0.05) is 18.8 Å². The van der Waals surface area contributed by atoms with Crippen LogP contribution in [0.15, 0.2) is 0 Å². The molecular weight excluding hydrogens is 222 g/mol. The number of aromatic nitrogens is 2. The number of nitrogens with one attached hydrogen (secondary N) is 1. The Morgan fingerprint density at radius 2 is 1.83 bits per heavy atom. The predicted molar refractivity (Wildman–Crippen MR) is 77.9 cm³/mol. The minimum absolute atomic E-state index is 0.624. The van der Waals surface area contributed by atoms with Crippen LogP contribution in [0.4, 0.5) is 0 Å². The van der Waals surface area contributed by atoms with E-state index in [9.17, 15) is 0 Å². The van der Waals surface area contributed by atoms with Crippen LogP contribution in [0, 0.1) is 19.8 Å². The molecule has 1 aromatic heterocycles. The van der Waals surface area contributed by atoms with E-state index in [2.05, 4.69) is 45.2 Å². The number of hydrogen-bond donors (Lipinski definition) is 1. The van der Waals surface area contributed by atoms with E-state index in [1.807, 2.05) is 11.7 Å². The van der Waals surface area contributed by atoms with Crippen molar-refractivity contribution in [2.45, 2.75) is 59.4 Å². The molecule has 1 aromatic rings. The summed E-state index contributed by atoms with van der Waals surface area (Å²) in [6.45, 7) is 8.87. The Kier molecular flexibility index (Phi) is 5.86. The van der Waals surface area contributed by atoms with Gasteiger partial charge in [0.2, 0.25) is 0 Å². The number of aryl methyl sites for hydroxylation is 2. The average molecular weight is 251 g/mol. The highest BCUT2D eigenvalue weighted by Crippen LogP contribution is 2.20. The van der Waals surface area contributed by atoms with Gasteiger partial charge in [0.05, 0.1) is 5.69 Å². The fourth-order valence-electron chi connectivity index (χ4n) is 2.95. The van der Waals surface area contributed by atoms with Crippen molar-refractivity contribution in [2.75, 3.05) is 7.05 Å². The monoisotopic (exact) mass is 251 g/mol. The van der Waals surface area contributed by atoms with E-state index in [0.29, 0.717) is 6.04 Å². The Bertz CT molecular complexity index is 364. The van der Waals surface area contributed by atoms with E-state index in [4.69, 9.17) is 0 Å². The lowest BCUT2D eigenvalue weighted by Gasteiger charge is -2.25. The summed E-state index contributed by atoms with van der Waals surface area (Å²) in [5.74, 6) is 0.785. The van der Waals surface area contributed by atoms with Gasteiger partial charge in [-0.15, -0.1) is 0 Å². The molecule has 1 N–H and O–H groups in total. The normalized spacial score (nSPS) is 13.3. The SMILES string of the molecule is CCC(CC)C(CCc1c(C)nn(C)c1C)NC. The van der Waals surface area contributed by atoms with Gasteiger partial charge in [0.15, 0.2) is 0 Å². The van der Waals surface area contributed by atoms with E-state index in [-0.39, 0.29) is 0 Å². The highest BCUT2D eigenvalue weighted by atomic mass is 15.3. The van der Waals surface area contributed by atoms with Gasteiger partial charge in [-0.1, -0.05) is 26.7 Å². The molecule has 0 fully saturated rings. The standard InChI is InChI=1S/C15H29N3/c1-7-13(8-2)15(16-5)10-9-14-11(3)17-18(6)12(14)4/h13,15-16H,7-10H2,1-6H3. The summed E-state index contributed by atoms with van der Waals surface area (Å²) in [7, 11) is 4.12. The molecule has 0 aliphatic heterocycles. The van der Waals surface area contributed by atoms with Crippen molar-refractivity contribution in [2.24, 2.45) is 13.0 Å². The van der Waals surface area contributed by atoms with Crippen LogP contribution in [-0.2, 0) is 13.5 Å². The van der Waals surface area contributed by atoms with Crippen LogP contribution in [-0.4, -0.2) is 22.9 Å². The van der Waals surface area contributed by atoms with Gasteiger partial charge in [0.25, 0.3) is 0 Å². The van der Waals surface area contributed by atoms with E-state index < -0.39 is 0 Å². The van der Waals surface area contributed by atoms with Crippen LogP contribution in [0.2, 0.25) is 0 Å². The maximum absolute atomic E-state index is 4.50. The summed E-state index contributed by atoms with van der Waals surface area (Å²) in [4.78, 5) is 0. The molecule has 3 nitrogen and oxygen atoms in total. The first-order chi connectivity index (χ1) is 8.54. The molecule has 0 saturated carbocycles. The van der Waals surface area contributed by atoms with Crippen LogP contribution in [0.25, 0.3) is 0 Å². The molecular formula is C15H29N3. The van der Waals surface area contributed by atoms with Crippen LogP contribution >= 0.6 is 0 Å². The van der Waals surface area contributed by atoms with Crippen molar-refractivity contribution in [3.63, 3.8) is 0 Å². The molecule has 0 aliphatic rings. The first kappa shape index (κ1) is 15.2. The first-order valence-electron chi connectivity index (χ1n) is 7.21. The van der Waals surface area contributed by atoms with Crippen molar-refractivity contribution in [1.82, 2.24) is 15.1 Å². The molecule has 0 amide bonds. The minimum atomic E-state index is 0.624. The summed E-state index contributed by atoms with van der Waals surface area (Å²) in [5.41, 5.74) is 3.94. The molecule has 0 spiro atoms. The van der Waals surface area contributed by atoms with Crippen molar-refractivity contribution < 1.29 is 0 Å². The van der Waals surface area contributed by atoms with Crippen LogP contribution < -0.4 is 5.32 Å². The van der Waals surface area contributed by atoms with Crippen LogP contribution in [0.5, 0.6) is 0 Å². The van der Waals surface area contributed by atoms with Crippen molar-refractivity contribution in [3.8, 4) is 0 Å². The Morgan fingerprint density at radius 1 is 1.22 bits per heavy atom. The van der Waals surface area contributed by atoms with Gasteiger partial charge >= 0.3 is 0 Å². The molecule has 3 heteroatoms. The summed E-state index contributed by atoms with van der Waals surface area (Å²) < 4.78 is 2.00. The number of nitrogens with zero attached hydrogens (tertiary/aromatic N) is 2. The predicted octanol–water partition coefficient (Wildman–Crippen LogP) is 2.99. The molecule has 0 aliphatic carbocycles. The molecule has 0 saturated heterocycles. The summed E-state index contributed by atoms with van der Waals surface area (Å²) in [6.07, 6.45) is 4.85. The van der Waals surface area contributed by atoms with E-state index in [1.165, 1.54) is 36.2 Å². The topological polar surface area (TPSA) is 29.9 Å². The minimum Gasteiger partial charge on any atom is -0.317 e. The lowest BCUT2D eigenvalue weighted by atomic mass is 9.89. The zero-order chi connectivity index (χ0) is 13.7. The molecule has 18 heavy (non-hydrogen) atoms.